The molecule has 2 aromatic carbocycles. The van der Waals surface area contributed by atoms with Gasteiger partial charge in [0.25, 0.3) is 0 Å². The monoisotopic (exact) mass is 264 g/mol. The fraction of sp³-hybridized carbons (Fsp3) is 0.316. The zero-order valence-corrected chi connectivity index (χ0v) is 11.8. The van der Waals surface area contributed by atoms with Crippen LogP contribution in [-0.2, 0) is 30.5 Å². The van der Waals surface area contributed by atoms with Crippen LogP contribution in [0.4, 0.5) is 0 Å². The van der Waals surface area contributed by atoms with Gasteiger partial charge in [-0.1, -0.05) is 48.5 Å². The topological polar surface area (TPSA) is 17.1 Å². The molecular formula is C19H20O. The van der Waals surface area contributed by atoms with E-state index in [0.29, 0.717) is 18.6 Å². The van der Waals surface area contributed by atoms with Gasteiger partial charge in [-0.2, -0.15) is 0 Å². The Bertz CT molecular complexity index is 598. The summed E-state index contributed by atoms with van der Waals surface area (Å²) in [7, 11) is 0. The highest BCUT2D eigenvalue weighted by molar-refractivity contribution is 5.81. The van der Waals surface area contributed by atoms with Gasteiger partial charge in [0.2, 0.25) is 0 Å². The third kappa shape index (κ3) is 3.16. The van der Waals surface area contributed by atoms with E-state index >= 15 is 0 Å². The molecule has 0 atom stereocenters. The molecule has 0 spiro atoms. The molecule has 1 nitrogen and oxygen atoms in total. The molecule has 20 heavy (non-hydrogen) atoms. The van der Waals surface area contributed by atoms with Crippen LogP contribution in [0.15, 0.2) is 48.5 Å². The Kier molecular flexibility index (Phi) is 3.96. The molecular weight excluding hydrogens is 244 g/mol. The van der Waals surface area contributed by atoms with Crippen molar-refractivity contribution in [2.24, 2.45) is 0 Å². The van der Waals surface area contributed by atoms with Crippen LogP contribution in [0.25, 0.3) is 0 Å². The molecule has 0 aliphatic heterocycles. The Morgan fingerprint density at radius 2 is 1.70 bits per heavy atom. The summed E-state index contributed by atoms with van der Waals surface area (Å²) in [5, 5.41) is 0. The minimum absolute atomic E-state index is 0.340. The lowest BCUT2D eigenvalue weighted by molar-refractivity contribution is -0.118. The van der Waals surface area contributed by atoms with E-state index in [4.69, 9.17) is 0 Å². The lowest BCUT2D eigenvalue weighted by atomic mass is 10.00. The molecule has 0 N–H and O–H groups in total. The standard InChI is InChI=1S/C19H20O/c20-19(12-10-15-5-2-1-3-6-15)14-16-9-11-17-7-4-8-18(17)13-16/h1-3,5-6,9,11,13H,4,7-8,10,12,14H2. The Labute approximate surface area is 120 Å². The average molecular weight is 264 g/mol. The maximum atomic E-state index is 12.1. The van der Waals surface area contributed by atoms with Gasteiger partial charge >= 0.3 is 0 Å². The van der Waals surface area contributed by atoms with Crippen molar-refractivity contribution in [3.05, 3.63) is 70.8 Å². The molecule has 0 aromatic heterocycles. The van der Waals surface area contributed by atoms with Crippen LogP contribution in [0.1, 0.15) is 35.1 Å². The van der Waals surface area contributed by atoms with E-state index in [1.807, 2.05) is 18.2 Å². The molecule has 0 amide bonds. The third-order valence-electron chi connectivity index (χ3n) is 4.10. The van der Waals surface area contributed by atoms with Crippen LogP contribution >= 0.6 is 0 Å². The van der Waals surface area contributed by atoms with Gasteiger partial charge in [0.15, 0.2) is 0 Å². The molecule has 102 valence electrons. The number of rotatable bonds is 5. The van der Waals surface area contributed by atoms with Crippen LogP contribution in [0.5, 0.6) is 0 Å². The molecule has 1 aliphatic carbocycles. The van der Waals surface area contributed by atoms with Crippen molar-refractivity contribution < 1.29 is 4.79 Å². The van der Waals surface area contributed by atoms with Crippen LogP contribution in [-0.4, -0.2) is 5.78 Å². The van der Waals surface area contributed by atoms with Crippen LogP contribution in [0, 0.1) is 0 Å². The largest absolute Gasteiger partial charge is 0.299 e. The maximum absolute atomic E-state index is 12.1. The highest BCUT2D eigenvalue weighted by atomic mass is 16.1. The number of benzene rings is 2. The SMILES string of the molecule is O=C(CCc1ccccc1)Cc1ccc2c(c1)CCC2. The highest BCUT2D eigenvalue weighted by Gasteiger charge is 2.12. The second-order valence-electron chi connectivity index (χ2n) is 5.66. The van der Waals surface area contributed by atoms with Crippen LogP contribution < -0.4 is 0 Å². The number of carbonyl (C=O) groups excluding carboxylic acids is 1. The van der Waals surface area contributed by atoms with E-state index in [1.54, 1.807) is 0 Å². The first kappa shape index (κ1) is 13.1. The fourth-order valence-electron chi connectivity index (χ4n) is 2.98. The van der Waals surface area contributed by atoms with Gasteiger partial charge in [0.05, 0.1) is 0 Å². The quantitative estimate of drug-likeness (QED) is 0.800. The van der Waals surface area contributed by atoms with E-state index in [2.05, 4.69) is 30.3 Å². The van der Waals surface area contributed by atoms with Gasteiger partial charge in [-0.25, -0.2) is 0 Å². The summed E-state index contributed by atoms with van der Waals surface area (Å²) in [5.74, 6) is 0.340. The van der Waals surface area contributed by atoms with Gasteiger partial charge in [-0.05, 0) is 47.9 Å². The van der Waals surface area contributed by atoms with E-state index < -0.39 is 0 Å². The third-order valence-corrected chi connectivity index (χ3v) is 4.10. The predicted molar refractivity (Wildman–Crippen MR) is 81.9 cm³/mol. The summed E-state index contributed by atoms with van der Waals surface area (Å²) in [5.41, 5.74) is 5.36. The Hall–Kier alpha value is -1.89. The second kappa shape index (κ2) is 6.04. The molecule has 1 aliphatic rings. The average Bonchev–Trinajstić information content (AvgIpc) is 2.94. The molecule has 0 fully saturated rings. The van der Waals surface area contributed by atoms with Gasteiger partial charge in [-0.3, -0.25) is 4.79 Å². The number of hydrogen-bond acceptors (Lipinski definition) is 1. The van der Waals surface area contributed by atoms with E-state index in [-0.39, 0.29) is 0 Å². The van der Waals surface area contributed by atoms with E-state index in [0.717, 1.165) is 6.42 Å². The van der Waals surface area contributed by atoms with E-state index in [9.17, 15) is 4.79 Å². The molecule has 0 bridgehead atoms. The van der Waals surface area contributed by atoms with Crippen molar-refractivity contribution >= 4 is 5.78 Å². The summed E-state index contributed by atoms with van der Waals surface area (Å²) in [6.45, 7) is 0. The van der Waals surface area contributed by atoms with Gasteiger partial charge in [0.1, 0.15) is 5.78 Å². The first-order valence-corrected chi connectivity index (χ1v) is 7.47. The van der Waals surface area contributed by atoms with Crippen molar-refractivity contribution in [1.29, 1.82) is 0 Å². The Morgan fingerprint density at radius 3 is 2.55 bits per heavy atom. The predicted octanol–water partition coefficient (Wildman–Crippen LogP) is 3.92. The minimum Gasteiger partial charge on any atom is -0.299 e. The zero-order valence-electron chi connectivity index (χ0n) is 11.8. The number of hydrogen-bond donors (Lipinski definition) is 0. The zero-order chi connectivity index (χ0) is 13.8. The maximum Gasteiger partial charge on any atom is 0.137 e. The summed E-state index contributed by atoms with van der Waals surface area (Å²) in [4.78, 5) is 12.1. The van der Waals surface area contributed by atoms with E-state index in [1.165, 1.54) is 41.5 Å². The van der Waals surface area contributed by atoms with Gasteiger partial charge < -0.3 is 0 Å². The van der Waals surface area contributed by atoms with Crippen molar-refractivity contribution in [3.8, 4) is 0 Å². The lowest BCUT2D eigenvalue weighted by Gasteiger charge is -2.05. The Morgan fingerprint density at radius 1 is 0.900 bits per heavy atom. The molecule has 3 rings (SSSR count). The normalized spacial score (nSPS) is 13.2. The number of carbonyl (C=O) groups is 1. The smallest absolute Gasteiger partial charge is 0.137 e. The molecule has 1 heteroatoms. The molecule has 2 aromatic rings. The van der Waals surface area contributed by atoms with Crippen LogP contribution in [0.2, 0.25) is 0 Å². The molecule has 0 saturated heterocycles. The molecule has 0 radical (unpaired) electrons. The van der Waals surface area contributed by atoms with Gasteiger partial charge in [0, 0.05) is 12.8 Å². The van der Waals surface area contributed by atoms with Crippen molar-refractivity contribution in [3.63, 3.8) is 0 Å². The molecule has 0 unspecified atom stereocenters. The number of ketones is 1. The van der Waals surface area contributed by atoms with Crippen molar-refractivity contribution in [2.75, 3.05) is 0 Å². The fourth-order valence-corrected chi connectivity index (χ4v) is 2.98. The summed E-state index contributed by atoms with van der Waals surface area (Å²) in [6, 6.07) is 16.8. The first-order valence-electron chi connectivity index (χ1n) is 7.47. The van der Waals surface area contributed by atoms with Crippen LogP contribution in [0.3, 0.4) is 0 Å². The first-order chi connectivity index (χ1) is 9.81. The number of Topliss-reactive ketones (excluding diaryl/α,β-unsaturated/α-hetero) is 1. The summed E-state index contributed by atoms with van der Waals surface area (Å²) < 4.78 is 0. The van der Waals surface area contributed by atoms with Crippen molar-refractivity contribution in [1.82, 2.24) is 0 Å². The summed E-state index contributed by atoms with van der Waals surface area (Å²) in [6.07, 6.45) is 5.73. The second-order valence-corrected chi connectivity index (χ2v) is 5.66. The molecule has 0 saturated carbocycles. The lowest BCUT2D eigenvalue weighted by Crippen LogP contribution is -2.04. The highest BCUT2D eigenvalue weighted by Crippen LogP contribution is 2.23. The minimum atomic E-state index is 0.340. The molecule has 0 heterocycles. The summed E-state index contributed by atoms with van der Waals surface area (Å²) >= 11 is 0. The number of fused-ring (bicyclic) bond motifs is 1. The van der Waals surface area contributed by atoms with Crippen molar-refractivity contribution in [2.45, 2.75) is 38.5 Å². The van der Waals surface area contributed by atoms with Gasteiger partial charge in [-0.15, -0.1) is 0 Å². The number of aryl methyl sites for hydroxylation is 3. The Balaban J connectivity index is 1.56.